The van der Waals surface area contributed by atoms with Crippen molar-refractivity contribution in [2.24, 2.45) is 0 Å². The lowest BCUT2D eigenvalue weighted by molar-refractivity contribution is -0.153. The molecule has 94 valence electrons. The maximum absolute atomic E-state index is 11.9. The predicted molar refractivity (Wildman–Crippen MR) is 61.5 cm³/mol. The SMILES string of the molecule is O=C(CC(F)(F)F)NCCc1ccccc1Br. The highest BCUT2D eigenvalue weighted by atomic mass is 79.9. The first kappa shape index (κ1) is 14.0. The molecule has 1 amide bonds. The highest BCUT2D eigenvalue weighted by Crippen LogP contribution is 2.19. The van der Waals surface area contributed by atoms with Crippen LogP contribution in [0.3, 0.4) is 0 Å². The standard InChI is InChI=1S/C11H11BrF3NO/c12-9-4-2-1-3-8(9)5-6-16-10(17)7-11(13,14)15/h1-4H,5-7H2,(H,16,17). The number of nitrogens with one attached hydrogen (secondary N) is 1. The van der Waals surface area contributed by atoms with Crippen LogP contribution in [-0.4, -0.2) is 18.6 Å². The molecule has 0 aromatic heterocycles. The number of hydrogen-bond acceptors (Lipinski definition) is 1. The highest BCUT2D eigenvalue weighted by molar-refractivity contribution is 9.10. The summed E-state index contributed by atoms with van der Waals surface area (Å²) in [6, 6.07) is 7.36. The van der Waals surface area contributed by atoms with Gasteiger partial charge < -0.3 is 5.32 Å². The zero-order valence-electron chi connectivity index (χ0n) is 8.85. The van der Waals surface area contributed by atoms with Crippen molar-refractivity contribution < 1.29 is 18.0 Å². The molecule has 0 radical (unpaired) electrons. The Bertz CT molecular complexity index is 393. The molecule has 0 atom stereocenters. The molecule has 0 spiro atoms. The molecule has 0 saturated carbocycles. The molecule has 1 rings (SSSR count). The fraction of sp³-hybridized carbons (Fsp3) is 0.364. The van der Waals surface area contributed by atoms with Crippen LogP contribution in [0.1, 0.15) is 12.0 Å². The molecule has 0 aliphatic rings. The lowest BCUT2D eigenvalue weighted by Gasteiger charge is -2.08. The third-order valence-electron chi connectivity index (χ3n) is 2.04. The van der Waals surface area contributed by atoms with Crippen LogP contribution >= 0.6 is 15.9 Å². The van der Waals surface area contributed by atoms with Crippen LogP contribution in [0.25, 0.3) is 0 Å². The Kier molecular flexibility index (Phi) is 4.99. The summed E-state index contributed by atoms with van der Waals surface area (Å²) >= 11 is 3.32. The number of halogens is 4. The van der Waals surface area contributed by atoms with Crippen molar-refractivity contribution in [3.05, 3.63) is 34.3 Å². The van der Waals surface area contributed by atoms with Crippen LogP contribution in [0.5, 0.6) is 0 Å². The largest absolute Gasteiger partial charge is 0.397 e. The summed E-state index contributed by atoms with van der Waals surface area (Å²) < 4.78 is 36.4. The lowest BCUT2D eigenvalue weighted by Crippen LogP contribution is -2.30. The van der Waals surface area contributed by atoms with Gasteiger partial charge in [-0.3, -0.25) is 4.79 Å². The molecule has 1 aromatic carbocycles. The molecule has 0 unspecified atom stereocenters. The smallest absolute Gasteiger partial charge is 0.355 e. The second-order valence-electron chi connectivity index (χ2n) is 3.48. The summed E-state index contributed by atoms with van der Waals surface area (Å²) in [4.78, 5) is 10.9. The van der Waals surface area contributed by atoms with E-state index >= 15 is 0 Å². The van der Waals surface area contributed by atoms with E-state index in [0.717, 1.165) is 10.0 Å². The zero-order valence-corrected chi connectivity index (χ0v) is 10.4. The van der Waals surface area contributed by atoms with Gasteiger partial charge in [-0.2, -0.15) is 13.2 Å². The quantitative estimate of drug-likeness (QED) is 0.910. The van der Waals surface area contributed by atoms with Crippen molar-refractivity contribution in [2.45, 2.75) is 19.0 Å². The molecule has 0 saturated heterocycles. The minimum atomic E-state index is -4.45. The molecule has 17 heavy (non-hydrogen) atoms. The normalized spacial score (nSPS) is 11.3. The maximum atomic E-state index is 11.9. The van der Waals surface area contributed by atoms with Crippen LogP contribution in [-0.2, 0) is 11.2 Å². The monoisotopic (exact) mass is 309 g/mol. The van der Waals surface area contributed by atoms with Crippen molar-refractivity contribution in [3.8, 4) is 0 Å². The van der Waals surface area contributed by atoms with Gasteiger partial charge >= 0.3 is 6.18 Å². The third kappa shape index (κ3) is 5.72. The second-order valence-corrected chi connectivity index (χ2v) is 4.34. The summed E-state index contributed by atoms with van der Waals surface area (Å²) in [6.45, 7) is 0.192. The van der Waals surface area contributed by atoms with E-state index in [2.05, 4.69) is 21.2 Å². The summed E-state index contributed by atoms with van der Waals surface area (Å²) in [5.41, 5.74) is 0.944. The van der Waals surface area contributed by atoms with E-state index in [1.807, 2.05) is 24.3 Å². The summed E-state index contributed by atoms with van der Waals surface area (Å²) in [5.74, 6) is -0.996. The minimum absolute atomic E-state index is 0.192. The summed E-state index contributed by atoms with van der Waals surface area (Å²) in [7, 11) is 0. The van der Waals surface area contributed by atoms with Crippen LogP contribution in [0.15, 0.2) is 28.7 Å². The number of carbonyl (C=O) groups excluding carboxylic acids is 1. The molecular weight excluding hydrogens is 299 g/mol. The first-order valence-electron chi connectivity index (χ1n) is 4.95. The van der Waals surface area contributed by atoms with Gasteiger partial charge in [0, 0.05) is 11.0 Å². The molecule has 1 N–H and O–H groups in total. The van der Waals surface area contributed by atoms with Gasteiger partial charge in [-0.1, -0.05) is 34.1 Å². The fourth-order valence-corrected chi connectivity index (χ4v) is 1.77. The first-order chi connectivity index (χ1) is 7.88. The molecular formula is C11H11BrF3NO. The Morgan fingerprint density at radius 3 is 2.53 bits per heavy atom. The summed E-state index contributed by atoms with van der Waals surface area (Å²) in [5, 5.41) is 2.24. The number of amides is 1. The Morgan fingerprint density at radius 2 is 1.94 bits per heavy atom. The second kappa shape index (κ2) is 6.05. The average Bonchev–Trinajstić information content (AvgIpc) is 2.18. The minimum Gasteiger partial charge on any atom is -0.355 e. The van der Waals surface area contributed by atoms with E-state index < -0.39 is 18.5 Å². The number of alkyl halides is 3. The van der Waals surface area contributed by atoms with E-state index in [0.29, 0.717) is 6.42 Å². The topological polar surface area (TPSA) is 29.1 Å². The zero-order chi connectivity index (χ0) is 12.9. The number of rotatable bonds is 4. The molecule has 1 aromatic rings. The fourth-order valence-electron chi connectivity index (χ4n) is 1.28. The molecule has 0 aliphatic carbocycles. The van der Waals surface area contributed by atoms with Gasteiger partial charge in [0.25, 0.3) is 0 Å². The van der Waals surface area contributed by atoms with Gasteiger partial charge in [-0.05, 0) is 18.1 Å². The van der Waals surface area contributed by atoms with E-state index in [4.69, 9.17) is 0 Å². The van der Waals surface area contributed by atoms with E-state index in [-0.39, 0.29) is 6.54 Å². The van der Waals surface area contributed by atoms with E-state index in [9.17, 15) is 18.0 Å². The van der Waals surface area contributed by atoms with Gasteiger partial charge in [0.15, 0.2) is 0 Å². The Labute approximate surface area is 105 Å². The molecule has 6 heteroatoms. The molecule has 0 aliphatic heterocycles. The molecule has 0 bridgehead atoms. The van der Waals surface area contributed by atoms with Crippen LogP contribution in [0.4, 0.5) is 13.2 Å². The van der Waals surface area contributed by atoms with Crippen molar-refractivity contribution in [1.82, 2.24) is 5.32 Å². The van der Waals surface area contributed by atoms with Crippen molar-refractivity contribution in [2.75, 3.05) is 6.54 Å². The predicted octanol–water partition coefficient (Wildman–Crippen LogP) is 3.06. The Morgan fingerprint density at radius 1 is 1.29 bits per heavy atom. The van der Waals surface area contributed by atoms with Crippen molar-refractivity contribution >= 4 is 21.8 Å². The van der Waals surface area contributed by atoms with Gasteiger partial charge in [0.2, 0.25) is 5.91 Å². The number of hydrogen-bond donors (Lipinski definition) is 1. The maximum Gasteiger partial charge on any atom is 0.397 e. The van der Waals surface area contributed by atoms with Gasteiger partial charge in [0.1, 0.15) is 6.42 Å². The average molecular weight is 310 g/mol. The lowest BCUT2D eigenvalue weighted by atomic mass is 10.1. The van der Waals surface area contributed by atoms with Gasteiger partial charge in [0.05, 0.1) is 0 Å². The van der Waals surface area contributed by atoms with E-state index in [1.165, 1.54) is 0 Å². The van der Waals surface area contributed by atoms with Crippen molar-refractivity contribution in [3.63, 3.8) is 0 Å². The van der Waals surface area contributed by atoms with E-state index in [1.54, 1.807) is 0 Å². The van der Waals surface area contributed by atoms with Gasteiger partial charge in [-0.15, -0.1) is 0 Å². The summed E-state index contributed by atoms with van der Waals surface area (Å²) in [6.07, 6.45) is -5.38. The third-order valence-corrected chi connectivity index (χ3v) is 2.81. The van der Waals surface area contributed by atoms with Gasteiger partial charge in [-0.25, -0.2) is 0 Å². The van der Waals surface area contributed by atoms with Crippen LogP contribution in [0.2, 0.25) is 0 Å². The highest BCUT2D eigenvalue weighted by Gasteiger charge is 2.30. The van der Waals surface area contributed by atoms with Crippen LogP contribution < -0.4 is 5.32 Å². The Hall–Kier alpha value is -1.04. The Balaban J connectivity index is 2.34. The van der Waals surface area contributed by atoms with Crippen molar-refractivity contribution in [1.29, 1.82) is 0 Å². The number of benzene rings is 1. The molecule has 0 heterocycles. The molecule has 2 nitrogen and oxygen atoms in total. The first-order valence-corrected chi connectivity index (χ1v) is 5.74. The van der Waals surface area contributed by atoms with Crippen LogP contribution in [0, 0.1) is 0 Å². The molecule has 0 fully saturated rings. The number of carbonyl (C=O) groups is 1.